The van der Waals surface area contributed by atoms with Gasteiger partial charge in [0, 0.05) is 12.1 Å². The molecule has 0 aliphatic heterocycles. The summed E-state index contributed by atoms with van der Waals surface area (Å²) in [6.07, 6.45) is 0. The first-order valence-corrected chi connectivity index (χ1v) is 7.57. The molecule has 1 atom stereocenters. The first-order valence-electron chi connectivity index (χ1n) is 7.19. The van der Waals surface area contributed by atoms with Crippen LogP contribution in [0.4, 0.5) is 0 Å². The molecule has 0 saturated carbocycles. The van der Waals surface area contributed by atoms with Crippen molar-refractivity contribution in [3.63, 3.8) is 0 Å². The Hall–Kier alpha value is -2.44. The average Bonchev–Trinajstić information content (AvgIpc) is 2.54. The maximum absolute atomic E-state index is 12.4. The van der Waals surface area contributed by atoms with Gasteiger partial charge in [-0.05, 0) is 30.7 Å². The third-order valence-corrected chi connectivity index (χ3v) is 3.81. The average molecular weight is 349 g/mol. The normalized spacial score (nSPS) is 11.8. The largest absolute Gasteiger partial charge is 0.478 e. The maximum atomic E-state index is 12.4. The van der Waals surface area contributed by atoms with E-state index in [0.717, 1.165) is 5.56 Å². The summed E-state index contributed by atoms with van der Waals surface area (Å²) in [4.78, 5) is 27.5. The molecule has 1 aromatic heterocycles. The summed E-state index contributed by atoms with van der Waals surface area (Å²) in [6.45, 7) is 1.78. The Morgan fingerprint density at radius 2 is 2.00 bits per heavy atom. The van der Waals surface area contributed by atoms with Crippen LogP contribution in [-0.4, -0.2) is 35.7 Å². The van der Waals surface area contributed by atoms with Gasteiger partial charge in [-0.1, -0.05) is 29.8 Å². The third kappa shape index (κ3) is 4.10. The number of ether oxygens (including phenoxy) is 1. The number of aromatic carboxylic acids is 1. The minimum atomic E-state index is -1.08. The fourth-order valence-corrected chi connectivity index (χ4v) is 2.55. The van der Waals surface area contributed by atoms with Crippen molar-refractivity contribution in [2.75, 3.05) is 13.7 Å². The molecule has 126 valence electrons. The molecule has 0 spiro atoms. The molecule has 2 rings (SSSR count). The summed E-state index contributed by atoms with van der Waals surface area (Å²) in [5, 5.41) is 12.3. The fraction of sp³-hybridized carbons (Fsp3) is 0.235. The molecule has 1 aromatic carbocycles. The van der Waals surface area contributed by atoms with Gasteiger partial charge < -0.3 is 15.2 Å². The predicted octanol–water partition coefficient (Wildman–Crippen LogP) is 2.86. The summed E-state index contributed by atoms with van der Waals surface area (Å²) in [5.74, 6) is -1.52. The van der Waals surface area contributed by atoms with Crippen LogP contribution in [0.1, 0.15) is 38.1 Å². The van der Waals surface area contributed by atoms with E-state index in [4.69, 9.17) is 21.4 Å². The van der Waals surface area contributed by atoms with Gasteiger partial charge in [-0.3, -0.25) is 4.79 Å². The number of methoxy groups -OCH3 is 1. The number of pyridine rings is 1. The van der Waals surface area contributed by atoms with Crippen LogP contribution in [0.2, 0.25) is 5.02 Å². The van der Waals surface area contributed by atoms with Crippen molar-refractivity contribution in [2.24, 2.45) is 0 Å². The molecule has 0 saturated heterocycles. The van der Waals surface area contributed by atoms with Gasteiger partial charge in [0.1, 0.15) is 5.69 Å². The fourth-order valence-electron chi connectivity index (χ4n) is 2.28. The Balaban J connectivity index is 2.24. The number of halogens is 1. The number of nitrogens with one attached hydrogen (secondary N) is 1. The highest BCUT2D eigenvalue weighted by Gasteiger charge is 2.20. The number of aryl methyl sites for hydroxylation is 1. The topological polar surface area (TPSA) is 88.5 Å². The number of hydrogen-bond acceptors (Lipinski definition) is 4. The van der Waals surface area contributed by atoms with Gasteiger partial charge in [0.2, 0.25) is 0 Å². The standard InChI is InChI=1S/C17H17ClN2O4/c1-10-11(17(22)23)7-8-14(19-10)16(21)20-15(9-24-2)12-5-3-4-6-13(12)18/h3-8,15H,9H2,1-2H3,(H,20,21)(H,22,23). The second kappa shape index (κ2) is 7.90. The predicted molar refractivity (Wildman–Crippen MR) is 89.5 cm³/mol. The molecule has 0 radical (unpaired) electrons. The number of hydrogen-bond donors (Lipinski definition) is 2. The molecule has 0 aliphatic carbocycles. The zero-order chi connectivity index (χ0) is 17.7. The zero-order valence-corrected chi connectivity index (χ0v) is 14.0. The van der Waals surface area contributed by atoms with Gasteiger partial charge in [0.25, 0.3) is 5.91 Å². The second-order valence-corrected chi connectivity index (χ2v) is 5.54. The quantitative estimate of drug-likeness (QED) is 0.838. The molecule has 24 heavy (non-hydrogen) atoms. The number of carboxylic acids is 1. The first kappa shape index (κ1) is 17.9. The first-order chi connectivity index (χ1) is 11.4. The molecular weight excluding hydrogens is 332 g/mol. The maximum Gasteiger partial charge on any atom is 0.337 e. The van der Waals surface area contributed by atoms with Crippen molar-refractivity contribution in [1.82, 2.24) is 10.3 Å². The molecule has 0 fully saturated rings. The van der Waals surface area contributed by atoms with Crippen LogP contribution in [0.5, 0.6) is 0 Å². The summed E-state index contributed by atoms with van der Waals surface area (Å²) in [6, 6.07) is 9.45. The Labute approximate surface area is 144 Å². The molecule has 1 unspecified atom stereocenters. The molecule has 0 bridgehead atoms. The van der Waals surface area contributed by atoms with E-state index in [1.807, 2.05) is 6.07 Å². The van der Waals surface area contributed by atoms with Gasteiger partial charge in [-0.25, -0.2) is 9.78 Å². The SMILES string of the molecule is COCC(NC(=O)c1ccc(C(=O)O)c(C)n1)c1ccccc1Cl. The lowest BCUT2D eigenvalue weighted by Gasteiger charge is -2.19. The highest BCUT2D eigenvalue weighted by Crippen LogP contribution is 2.23. The molecular formula is C17H17ClN2O4. The third-order valence-electron chi connectivity index (χ3n) is 3.47. The number of nitrogens with zero attached hydrogens (tertiary/aromatic N) is 1. The number of carbonyl (C=O) groups is 2. The molecule has 6 nitrogen and oxygen atoms in total. The van der Waals surface area contributed by atoms with E-state index in [1.54, 1.807) is 25.1 Å². The van der Waals surface area contributed by atoms with E-state index in [9.17, 15) is 9.59 Å². The number of carboxylic acid groups (broad SMARTS) is 1. The van der Waals surface area contributed by atoms with Gasteiger partial charge in [0.05, 0.1) is 23.9 Å². The highest BCUT2D eigenvalue weighted by molar-refractivity contribution is 6.31. The summed E-state index contributed by atoms with van der Waals surface area (Å²) < 4.78 is 5.15. The summed E-state index contributed by atoms with van der Waals surface area (Å²) >= 11 is 6.18. The Morgan fingerprint density at radius 3 is 2.58 bits per heavy atom. The van der Waals surface area contributed by atoms with E-state index >= 15 is 0 Å². The molecule has 2 N–H and O–H groups in total. The van der Waals surface area contributed by atoms with Crippen LogP contribution in [0.25, 0.3) is 0 Å². The molecule has 1 heterocycles. The molecule has 0 aliphatic rings. The number of amides is 1. The van der Waals surface area contributed by atoms with E-state index in [-0.39, 0.29) is 23.6 Å². The van der Waals surface area contributed by atoms with Gasteiger partial charge in [-0.2, -0.15) is 0 Å². The monoisotopic (exact) mass is 348 g/mol. The molecule has 2 aromatic rings. The smallest absolute Gasteiger partial charge is 0.337 e. The highest BCUT2D eigenvalue weighted by atomic mass is 35.5. The summed E-state index contributed by atoms with van der Waals surface area (Å²) in [5.41, 5.74) is 1.20. The van der Waals surface area contributed by atoms with Crippen LogP contribution in [0.3, 0.4) is 0 Å². The lowest BCUT2D eigenvalue weighted by molar-refractivity contribution is 0.0694. The van der Waals surface area contributed by atoms with Crippen LogP contribution in [-0.2, 0) is 4.74 Å². The van der Waals surface area contributed by atoms with Gasteiger partial charge in [-0.15, -0.1) is 0 Å². The van der Waals surface area contributed by atoms with Crippen LogP contribution >= 0.6 is 11.6 Å². The summed E-state index contributed by atoms with van der Waals surface area (Å²) in [7, 11) is 1.53. The van der Waals surface area contributed by atoms with Crippen molar-refractivity contribution in [2.45, 2.75) is 13.0 Å². The van der Waals surface area contributed by atoms with E-state index in [1.165, 1.54) is 19.2 Å². The van der Waals surface area contributed by atoms with Gasteiger partial charge in [0.15, 0.2) is 0 Å². The van der Waals surface area contributed by atoms with E-state index in [0.29, 0.717) is 5.02 Å². The van der Waals surface area contributed by atoms with Crippen LogP contribution < -0.4 is 5.32 Å². The zero-order valence-electron chi connectivity index (χ0n) is 13.2. The Bertz CT molecular complexity index is 764. The lowest BCUT2D eigenvalue weighted by Crippen LogP contribution is -2.32. The number of carbonyl (C=O) groups excluding carboxylic acids is 1. The molecule has 7 heteroatoms. The van der Waals surface area contributed by atoms with Crippen molar-refractivity contribution in [3.05, 3.63) is 63.9 Å². The number of aromatic nitrogens is 1. The van der Waals surface area contributed by atoms with Crippen molar-refractivity contribution >= 4 is 23.5 Å². The van der Waals surface area contributed by atoms with Crippen LogP contribution in [0, 0.1) is 6.92 Å². The van der Waals surface area contributed by atoms with Crippen molar-refractivity contribution in [1.29, 1.82) is 0 Å². The Morgan fingerprint density at radius 1 is 1.29 bits per heavy atom. The minimum Gasteiger partial charge on any atom is -0.478 e. The van der Waals surface area contributed by atoms with E-state index < -0.39 is 17.9 Å². The van der Waals surface area contributed by atoms with Gasteiger partial charge >= 0.3 is 5.97 Å². The second-order valence-electron chi connectivity index (χ2n) is 5.14. The lowest BCUT2D eigenvalue weighted by atomic mass is 10.1. The number of benzene rings is 1. The van der Waals surface area contributed by atoms with Crippen molar-refractivity contribution < 1.29 is 19.4 Å². The molecule has 1 amide bonds. The Kier molecular flexibility index (Phi) is 5.89. The van der Waals surface area contributed by atoms with E-state index in [2.05, 4.69) is 10.3 Å². The van der Waals surface area contributed by atoms with Crippen molar-refractivity contribution in [3.8, 4) is 0 Å². The minimum absolute atomic E-state index is 0.0612. The van der Waals surface area contributed by atoms with Crippen LogP contribution in [0.15, 0.2) is 36.4 Å². The number of rotatable bonds is 6.